The number of aliphatic hydroxyl groups excluding tert-OH is 1. The topological polar surface area (TPSA) is 62.8 Å². The quantitative estimate of drug-likeness (QED) is 0.700. The number of benzene rings is 1. The van der Waals surface area contributed by atoms with E-state index in [0.29, 0.717) is 30.9 Å². The van der Waals surface area contributed by atoms with Crippen LogP contribution in [0.1, 0.15) is 5.56 Å². The summed E-state index contributed by atoms with van der Waals surface area (Å²) in [5.74, 6) is 0.689. The second kappa shape index (κ2) is 7.53. The Morgan fingerprint density at radius 2 is 2.24 bits per heavy atom. The van der Waals surface area contributed by atoms with Crippen LogP contribution in [0, 0.1) is 5.92 Å². The summed E-state index contributed by atoms with van der Waals surface area (Å²) in [6.45, 7) is -0.549. The molecule has 1 aliphatic heterocycles. The Balaban J connectivity index is 1.94. The van der Waals surface area contributed by atoms with Crippen LogP contribution in [0.3, 0.4) is 0 Å². The summed E-state index contributed by atoms with van der Waals surface area (Å²) >= 11 is 0. The minimum absolute atomic E-state index is 0.0990. The summed E-state index contributed by atoms with van der Waals surface area (Å²) in [5, 5.41) is 15.9. The van der Waals surface area contributed by atoms with Crippen molar-refractivity contribution < 1.29 is 23.4 Å². The van der Waals surface area contributed by atoms with Gasteiger partial charge in [0.25, 0.3) is 0 Å². The van der Waals surface area contributed by atoms with Crippen molar-refractivity contribution in [2.24, 2.45) is 5.92 Å². The Morgan fingerprint density at radius 3 is 2.86 bits per heavy atom. The van der Waals surface area contributed by atoms with E-state index in [1.54, 1.807) is 12.1 Å². The highest BCUT2D eigenvalue weighted by Gasteiger charge is 2.24. The zero-order valence-electron chi connectivity index (χ0n) is 11.8. The fourth-order valence-electron chi connectivity index (χ4n) is 2.33. The molecule has 0 aliphatic carbocycles. The maximum atomic E-state index is 12.4. The van der Waals surface area contributed by atoms with Crippen LogP contribution in [0.5, 0.6) is 11.5 Å². The summed E-state index contributed by atoms with van der Waals surface area (Å²) in [7, 11) is 1.47. The summed E-state index contributed by atoms with van der Waals surface area (Å²) in [5.41, 5.74) is 0.622. The number of hydrogen-bond acceptors (Lipinski definition) is 5. The van der Waals surface area contributed by atoms with E-state index in [1.807, 2.05) is 0 Å². The van der Waals surface area contributed by atoms with Gasteiger partial charge in [-0.2, -0.15) is 8.78 Å². The number of aliphatic hydroxyl groups is 1. The van der Waals surface area contributed by atoms with Crippen molar-refractivity contribution in [3.8, 4) is 11.5 Å². The Bertz CT molecular complexity index is 460. The molecule has 21 heavy (non-hydrogen) atoms. The lowest BCUT2D eigenvalue weighted by atomic mass is 10.1. The summed E-state index contributed by atoms with van der Waals surface area (Å²) < 4.78 is 34.4. The molecule has 1 heterocycles. The molecule has 0 aromatic heterocycles. The predicted octanol–water partition coefficient (Wildman–Crippen LogP) is 0.966. The normalized spacial score (nSPS) is 21.8. The number of ether oxygens (including phenoxy) is 2. The van der Waals surface area contributed by atoms with Gasteiger partial charge < -0.3 is 25.2 Å². The lowest BCUT2D eigenvalue weighted by Crippen LogP contribution is -2.30. The fourth-order valence-corrected chi connectivity index (χ4v) is 2.33. The van der Waals surface area contributed by atoms with Gasteiger partial charge in [0, 0.05) is 43.7 Å². The van der Waals surface area contributed by atoms with Crippen molar-refractivity contribution in [3.63, 3.8) is 0 Å². The zero-order valence-corrected chi connectivity index (χ0v) is 11.8. The summed E-state index contributed by atoms with van der Waals surface area (Å²) in [4.78, 5) is 0. The summed E-state index contributed by atoms with van der Waals surface area (Å²) in [6.07, 6.45) is -0.370. The van der Waals surface area contributed by atoms with Crippen LogP contribution in [0.4, 0.5) is 8.78 Å². The standard InChI is InChI=1S/C14H20F2N2O3/c1-20-11-3-2-9(13(4-11)21-14(15)16)5-17-6-10-7-18-8-12(10)19/h2-4,10,12,14,17-19H,5-8H2,1H3. The molecule has 0 amide bonds. The largest absolute Gasteiger partial charge is 0.497 e. The van der Waals surface area contributed by atoms with E-state index in [1.165, 1.54) is 13.2 Å². The number of methoxy groups -OCH3 is 1. The predicted molar refractivity (Wildman–Crippen MR) is 73.7 cm³/mol. The van der Waals surface area contributed by atoms with Crippen LogP contribution in [0.2, 0.25) is 0 Å². The minimum Gasteiger partial charge on any atom is -0.497 e. The second-order valence-corrected chi connectivity index (χ2v) is 4.97. The second-order valence-electron chi connectivity index (χ2n) is 4.97. The van der Waals surface area contributed by atoms with Crippen LogP contribution in [0.25, 0.3) is 0 Å². The monoisotopic (exact) mass is 302 g/mol. The number of halogens is 2. The number of rotatable bonds is 7. The van der Waals surface area contributed by atoms with Gasteiger partial charge in [0.05, 0.1) is 13.2 Å². The minimum atomic E-state index is -2.88. The highest BCUT2D eigenvalue weighted by atomic mass is 19.3. The first-order valence-electron chi connectivity index (χ1n) is 6.81. The molecule has 5 nitrogen and oxygen atoms in total. The molecule has 1 aliphatic rings. The van der Waals surface area contributed by atoms with E-state index in [4.69, 9.17) is 4.74 Å². The van der Waals surface area contributed by atoms with Gasteiger partial charge >= 0.3 is 6.61 Å². The van der Waals surface area contributed by atoms with E-state index in [0.717, 1.165) is 6.54 Å². The van der Waals surface area contributed by atoms with Crippen molar-refractivity contribution in [2.75, 3.05) is 26.7 Å². The molecule has 2 atom stereocenters. The Morgan fingerprint density at radius 1 is 1.43 bits per heavy atom. The first kappa shape index (κ1) is 15.9. The molecular weight excluding hydrogens is 282 g/mol. The van der Waals surface area contributed by atoms with Gasteiger partial charge in [0.15, 0.2) is 0 Å². The highest BCUT2D eigenvalue weighted by Crippen LogP contribution is 2.26. The van der Waals surface area contributed by atoms with Crippen molar-refractivity contribution in [1.29, 1.82) is 0 Å². The molecule has 2 unspecified atom stereocenters. The van der Waals surface area contributed by atoms with E-state index in [9.17, 15) is 13.9 Å². The molecule has 0 spiro atoms. The molecule has 118 valence electrons. The van der Waals surface area contributed by atoms with Crippen molar-refractivity contribution >= 4 is 0 Å². The third-order valence-corrected chi connectivity index (χ3v) is 3.52. The molecule has 3 N–H and O–H groups in total. The van der Waals surface area contributed by atoms with Crippen LogP contribution in [0.15, 0.2) is 18.2 Å². The lowest BCUT2D eigenvalue weighted by molar-refractivity contribution is -0.0505. The maximum Gasteiger partial charge on any atom is 0.387 e. The zero-order chi connectivity index (χ0) is 15.2. The van der Waals surface area contributed by atoms with Crippen LogP contribution in [-0.2, 0) is 6.54 Å². The lowest BCUT2D eigenvalue weighted by Gasteiger charge is -2.16. The van der Waals surface area contributed by atoms with Gasteiger partial charge in [-0.15, -0.1) is 0 Å². The Kier molecular flexibility index (Phi) is 5.72. The van der Waals surface area contributed by atoms with E-state index in [-0.39, 0.29) is 17.8 Å². The fraction of sp³-hybridized carbons (Fsp3) is 0.571. The number of hydrogen-bond donors (Lipinski definition) is 3. The van der Waals surface area contributed by atoms with Crippen molar-refractivity contribution in [3.05, 3.63) is 23.8 Å². The Labute approximate surface area is 122 Å². The van der Waals surface area contributed by atoms with Gasteiger partial charge in [-0.25, -0.2) is 0 Å². The number of β-amino-alcohol motifs (C(OH)–C–C–N with tert-alkyl or cyclic N) is 1. The van der Waals surface area contributed by atoms with Crippen molar-refractivity contribution in [2.45, 2.75) is 19.3 Å². The first-order chi connectivity index (χ1) is 10.1. The average molecular weight is 302 g/mol. The van der Waals surface area contributed by atoms with Crippen molar-refractivity contribution in [1.82, 2.24) is 10.6 Å². The van der Waals surface area contributed by atoms with Gasteiger partial charge in [-0.3, -0.25) is 0 Å². The highest BCUT2D eigenvalue weighted by molar-refractivity contribution is 5.40. The van der Waals surface area contributed by atoms with Gasteiger partial charge in [-0.1, -0.05) is 6.07 Å². The number of alkyl halides is 2. The molecule has 1 aromatic carbocycles. The SMILES string of the molecule is COc1ccc(CNCC2CNCC2O)c(OC(F)F)c1. The molecule has 1 fully saturated rings. The van der Waals surface area contributed by atoms with Crippen LogP contribution >= 0.6 is 0 Å². The van der Waals surface area contributed by atoms with Gasteiger partial charge in [0.2, 0.25) is 0 Å². The third kappa shape index (κ3) is 4.52. The molecular formula is C14H20F2N2O3. The number of nitrogens with one attached hydrogen (secondary N) is 2. The van der Waals surface area contributed by atoms with E-state index >= 15 is 0 Å². The van der Waals surface area contributed by atoms with Gasteiger partial charge in [0.1, 0.15) is 11.5 Å². The third-order valence-electron chi connectivity index (χ3n) is 3.52. The molecule has 7 heteroatoms. The maximum absolute atomic E-state index is 12.4. The van der Waals surface area contributed by atoms with Gasteiger partial charge in [-0.05, 0) is 6.07 Å². The molecule has 0 bridgehead atoms. The molecule has 0 saturated carbocycles. The van der Waals surface area contributed by atoms with Crippen LogP contribution in [-0.4, -0.2) is 44.6 Å². The first-order valence-corrected chi connectivity index (χ1v) is 6.81. The molecule has 1 saturated heterocycles. The Hall–Kier alpha value is -1.44. The smallest absolute Gasteiger partial charge is 0.387 e. The molecule has 1 aromatic rings. The molecule has 2 rings (SSSR count). The van der Waals surface area contributed by atoms with E-state index in [2.05, 4.69) is 15.4 Å². The average Bonchev–Trinajstić information content (AvgIpc) is 2.85. The summed E-state index contributed by atoms with van der Waals surface area (Å²) in [6, 6.07) is 4.82. The van der Waals surface area contributed by atoms with E-state index < -0.39 is 6.61 Å². The molecule has 0 radical (unpaired) electrons. The van der Waals surface area contributed by atoms with Crippen LogP contribution < -0.4 is 20.1 Å².